The Morgan fingerprint density at radius 3 is 2.88 bits per heavy atom. The lowest BCUT2D eigenvalue weighted by atomic mass is 10.2. The fraction of sp³-hybridized carbons (Fsp3) is 0.417. The van der Waals surface area contributed by atoms with Gasteiger partial charge in [-0.2, -0.15) is 5.26 Å². The van der Waals surface area contributed by atoms with Crippen molar-refractivity contribution in [3.8, 4) is 6.07 Å². The largest absolute Gasteiger partial charge is 0.397 e. The summed E-state index contributed by atoms with van der Waals surface area (Å²) >= 11 is 0. The van der Waals surface area contributed by atoms with E-state index in [-0.39, 0.29) is 5.82 Å². The first kappa shape index (κ1) is 13.3. The Kier molecular flexibility index (Phi) is 5.24. The van der Waals surface area contributed by atoms with Crippen LogP contribution >= 0.6 is 0 Å². The minimum atomic E-state index is -0.339. The van der Waals surface area contributed by atoms with Crippen LogP contribution in [0.1, 0.15) is 6.42 Å². The molecule has 0 heterocycles. The van der Waals surface area contributed by atoms with Gasteiger partial charge < -0.3 is 15.4 Å². The van der Waals surface area contributed by atoms with Crippen LogP contribution in [-0.4, -0.2) is 26.8 Å². The third-order valence-corrected chi connectivity index (χ3v) is 2.39. The van der Waals surface area contributed by atoms with Gasteiger partial charge in [-0.25, -0.2) is 4.39 Å². The molecule has 2 N–H and O–H groups in total. The molecule has 0 aliphatic rings. The van der Waals surface area contributed by atoms with Gasteiger partial charge >= 0.3 is 0 Å². The highest BCUT2D eigenvalue weighted by Crippen LogP contribution is 2.24. The smallest absolute Gasteiger partial charge is 0.125 e. The van der Waals surface area contributed by atoms with Crippen molar-refractivity contribution < 1.29 is 9.13 Å². The van der Waals surface area contributed by atoms with E-state index in [1.807, 2.05) is 4.90 Å². The molecule has 0 saturated heterocycles. The van der Waals surface area contributed by atoms with Gasteiger partial charge in [0.05, 0.1) is 30.5 Å². The van der Waals surface area contributed by atoms with Gasteiger partial charge in [0.1, 0.15) is 5.82 Å². The summed E-state index contributed by atoms with van der Waals surface area (Å²) in [6.45, 7) is 1.58. The lowest BCUT2D eigenvalue weighted by Crippen LogP contribution is -2.29. The number of benzene rings is 1. The molecule has 1 rings (SSSR count). The SMILES string of the molecule is COCCN(CCC#N)c1cc(F)ccc1N. The van der Waals surface area contributed by atoms with Crippen molar-refractivity contribution in [2.45, 2.75) is 6.42 Å². The highest BCUT2D eigenvalue weighted by atomic mass is 19.1. The van der Waals surface area contributed by atoms with E-state index < -0.39 is 0 Å². The molecule has 0 aromatic heterocycles. The zero-order valence-corrected chi connectivity index (χ0v) is 9.82. The zero-order valence-electron chi connectivity index (χ0n) is 9.82. The van der Waals surface area contributed by atoms with Gasteiger partial charge in [-0.1, -0.05) is 0 Å². The highest BCUT2D eigenvalue weighted by Gasteiger charge is 2.10. The zero-order chi connectivity index (χ0) is 12.7. The molecular weight excluding hydrogens is 221 g/mol. The third-order valence-electron chi connectivity index (χ3n) is 2.39. The van der Waals surface area contributed by atoms with Gasteiger partial charge in [-0.3, -0.25) is 0 Å². The topological polar surface area (TPSA) is 62.3 Å². The predicted octanol–water partition coefficient (Wildman–Crippen LogP) is 1.77. The van der Waals surface area contributed by atoms with Gasteiger partial charge in [0.25, 0.3) is 0 Å². The molecular formula is C12H16FN3O. The Morgan fingerprint density at radius 1 is 1.47 bits per heavy atom. The quantitative estimate of drug-likeness (QED) is 0.766. The standard InChI is InChI=1S/C12H16FN3O/c1-17-8-7-16(6-2-5-14)12-9-10(13)3-4-11(12)15/h3-4,9H,2,6-8,15H2,1H3. The van der Waals surface area contributed by atoms with Gasteiger partial charge in [-0.15, -0.1) is 0 Å². The van der Waals surface area contributed by atoms with E-state index in [0.29, 0.717) is 37.5 Å². The van der Waals surface area contributed by atoms with Crippen LogP contribution in [0.4, 0.5) is 15.8 Å². The first-order valence-corrected chi connectivity index (χ1v) is 5.35. The first-order valence-electron chi connectivity index (χ1n) is 5.35. The summed E-state index contributed by atoms with van der Waals surface area (Å²) in [7, 11) is 1.59. The van der Waals surface area contributed by atoms with E-state index in [9.17, 15) is 4.39 Å². The van der Waals surface area contributed by atoms with E-state index in [1.54, 1.807) is 7.11 Å². The van der Waals surface area contributed by atoms with Crippen molar-refractivity contribution in [2.75, 3.05) is 37.4 Å². The number of nitrogens with zero attached hydrogens (tertiary/aromatic N) is 2. The van der Waals surface area contributed by atoms with Crippen LogP contribution in [0.2, 0.25) is 0 Å². The van der Waals surface area contributed by atoms with Crippen molar-refractivity contribution in [2.24, 2.45) is 0 Å². The second-order valence-corrected chi connectivity index (χ2v) is 3.59. The van der Waals surface area contributed by atoms with Gasteiger partial charge in [0.15, 0.2) is 0 Å². The Morgan fingerprint density at radius 2 is 2.24 bits per heavy atom. The molecule has 0 fully saturated rings. The summed E-state index contributed by atoms with van der Waals surface area (Å²) in [6.07, 6.45) is 0.361. The molecule has 0 bridgehead atoms. The number of rotatable bonds is 6. The predicted molar refractivity (Wildman–Crippen MR) is 65.1 cm³/mol. The van der Waals surface area contributed by atoms with E-state index >= 15 is 0 Å². The normalized spacial score (nSPS) is 9.94. The Hall–Kier alpha value is -1.80. The molecule has 1 aromatic carbocycles. The number of hydrogen-bond acceptors (Lipinski definition) is 4. The molecule has 0 radical (unpaired) electrons. The molecule has 4 nitrogen and oxygen atoms in total. The number of ether oxygens (including phenoxy) is 1. The van der Waals surface area contributed by atoms with Crippen LogP contribution in [0.3, 0.4) is 0 Å². The molecule has 5 heteroatoms. The van der Waals surface area contributed by atoms with E-state index in [1.165, 1.54) is 18.2 Å². The molecule has 92 valence electrons. The van der Waals surface area contributed by atoms with Crippen molar-refractivity contribution in [1.29, 1.82) is 5.26 Å². The Bertz CT molecular complexity index is 403. The molecule has 0 saturated carbocycles. The fourth-order valence-corrected chi connectivity index (χ4v) is 1.53. The first-order chi connectivity index (χ1) is 8.19. The number of nitrogens with two attached hydrogens (primary N) is 1. The van der Waals surface area contributed by atoms with Crippen LogP contribution in [0.15, 0.2) is 18.2 Å². The maximum absolute atomic E-state index is 13.2. The summed E-state index contributed by atoms with van der Waals surface area (Å²) in [6, 6.07) is 6.28. The monoisotopic (exact) mass is 237 g/mol. The average Bonchev–Trinajstić information content (AvgIpc) is 2.33. The van der Waals surface area contributed by atoms with Crippen molar-refractivity contribution in [1.82, 2.24) is 0 Å². The summed E-state index contributed by atoms with van der Waals surface area (Å²) < 4.78 is 18.2. The molecule has 0 spiro atoms. The molecule has 0 aliphatic carbocycles. The van der Waals surface area contributed by atoms with E-state index in [2.05, 4.69) is 6.07 Å². The summed E-state index contributed by atoms with van der Waals surface area (Å²) in [5.74, 6) is -0.339. The number of hydrogen-bond donors (Lipinski definition) is 1. The lowest BCUT2D eigenvalue weighted by Gasteiger charge is -2.24. The number of nitriles is 1. The molecule has 0 unspecified atom stereocenters. The lowest BCUT2D eigenvalue weighted by molar-refractivity contribution is 0.205. The van der Waals surface area contributed by atoms with Crippen molar-refractivity contribution in [3.05, 3.63) is 24.0 Å². The van der Waals surface area contributed by atoms with E-state index in [0.717, 1.165) is 0 Å². The second kappa shape index (κ2) is 6.71. The van der Waals surface area contributed by atoms with Gasteiger partial charge in [-0.05, 0) is 18.2 Å². The molecule has 0 amide bonds. The van der Waals surface area contributed by atoms with Crippen LogP contribution in [0, 0.1) is 17.1 Å². The second-order valence-electron chi connectivity index (χ2n) is 3.59. The average molecular weight is 237 g/mol. The maximum Gasteiger partial charge on any atom is 0.125 e. The fourth-order valence-electron chi connectivity index (χ4n) is 1.53. The van der Waals surface area contributed by atoms with Gasteiger partial charge in [0, 0.05) is 20.2 Å². The van der Waals surface area contributed by atoms with E-state index in [4.69, 9.17) is 15.7 Å². The minimum Gasteiger partial charge on any atom is -0.397 e. The minimum absolute atomic E-state index is 0.339. The Balaban J connectivity index is 2.86. The Labute approximate surface area is 100 Å². The summed E-state index contributed by atoms with van der Waals surface area (Å²) in [5.41, 5.74) is 6.91. The van der Waals surface area contributed by atoms with Crippen LogP contribution in [-0.2, 0) is 4.74 Å². The third kappa shape index (κ3) is 3.93. The number of methoxy groups -OCH3 is 1. The molecule has 1 aromatic rings. The molecule has 0 aliphatic heterocycles. The van der Waals surface area contributed by atoms with Crippen molar-refractivity contribution in [3.63, 3.8) is 0 Å². The van der Waals surface area contributed by atoms with Crippen LogP contribution < -0.4 is 10.6 Å². The number of halogens is 1. The van der Waals surface area contributed by atoms with Crippen LogP contribution in [0.5, 0.6) is 0 Å². The van der Waals surface area contributed by atoms with Crippen LogP contribution in [0.25, 0.3) is 0 Å². The number of nitrogen functional groups attached to an aromatic ring is 1. The van der Waals surface area contributed by atoms with Crippen molar-refractivity contribution >= 4 is 11.4 Å². The van der Waals surface area contributed by atoms with Gasteiger partial charge in [0.2, 0.25) is 0 Å². The maximum atomic E-state index is 13.2. The molecule has 0 atom stereocenters. The summed E-state index contributed by atoms with van der Waals surface area (Å²) in [5, 5.41) is 8.60. The highest BCUT2D eigenvalue weighted by molar-refractivity contribution is 5.67. The summed E-state index contributed by atoms with van der Waals surface area (Å²) in [4.78, 5) is 1.85. The molecule has 17 heavy (non-hydrogen) atoms. The number of anilines is 2.